The summed E-state index contributed by atoms with van der Waals surface area (Å²) in [5, 5.41) is 11.2. The molecule has 1 radical (unpaired) electrons. The monoisotopic (exact) mass is 486 g/mol. The molecule has 5 nitrogen and oxygen atoms in total. The minimum Gasteiger partial charge on any atom is -0.520 e. The summed E-state index contributed by atoms with van der Waals surface area (Å²) in [6.45, 7) is 6.50. The topological polar surface area (TPSA) is 51.2 Å². The first kappa shape index (κ1) is 25.4. The molecule has 2 aromatic carbocycles. The molecule has 6 heteroatoms. The third-order valence-corrected chi connectivity index (χ3v) is 5.10. The number of nitrogens with zero attached hydrogens (tertiary/aromatic N) is 1. The van der Waals surface area contributed by atoms with Gasteiger partial charge in [-0.05, 0) is 43.3 Å². The van der Waals surface area contributed by atoms with E-state index in [1.807, 2.05) is 68.7 Å². The van der Waals surface area contributed by atoms with E-state index in [-0.39, 0.29) is 38.6 Å². The van der Waals surface area contributed by atoms with Gasteiger partial charge in [0.1, 0.15) is 12.4 Å². The van der Waals surface area contributed by atoms with Gasteiger partial charge in [0.2, 0.25) is 0 Å². The van der Waals surface area contributed by atoms with Gasteiger partial charge in [-0.1, -0.05) is 60.8 Å². The summed E-state index contributed by atoms with van der Waals surface area (Å²) in [5.41, 5.74) is 1.02. The third-order valence-electron chi connectivity index (χ3n) is 5.10. The zero-order valence-corrected chi connectivity index (χ0v) is 20.8. The van der Waals surface area contributed by atoms with Gasteiger partial charge in [0.25, 0.3) is 0 Å². The van der Waals surface area contributed by atoms with Crippen LogP contribution in [0, 0.1) is 13.2 Å². The van der Waals surface area contributed by atoms with Crippen LogP contribution in [0.15, 0.2) is 54.6 Å². The second-order valence-corrected chi connectivity index (χ2v) is 7.83. The minimum atomic E-state index is -1.14. The van der Waals surface area contributed by atoms with E-state index in [1.54, 1.807) is 0 Å². The summed E-state index contributed by atoms with van der Waals surface area (Å²) < 4.78 is 16.7. The molecule has 30 heavy (non-hydrogen) atoms. The van der Waals surface area contributed by atoms with Crippen molar-refractivity contribution >= 4 is 0 Å². The quantitative estimate of drug-likeness (QED) is 0.518. The number of likely N-dealkylation sites (N-methyl/N-ethyl adjacent to an activating group) is 1. The van der Waals surface area contributed by atoms with E-state index in [4.69, 9.17) is 14.2 Å². The summed E-state index contributed by atoms with van der Waals surface area (Å²) in [6.07, 6.45) is 1.61. The number of hydrogen-bond acceptors (Lipinski definition) is 5. The molecule has 2 atom stereocenters. The standard InChI is InChI=1S/C24H31NO4.Y/c1-24(26,14-13-23-27-15-16-28-23)22(17-25(2)3)20-9-11-21(12-10-20)29-18-19-7-5-4-6-8-19;/h4-12,22,26H,1,13-18H2,2-3H3;/q-2;. The molecule has 2 aromatic rings. The van der Waals surface area contributed by atoms with Crippen molar-refractivity contribution in [2.24, 2.45) is 0 Å². The normalized spacial score (nSPS) is 17.4. The molecule has 2 unspecified atom stereocenters. The molecule has 1 N–H and O–H groups in total. The average molecular weight is 486 g/mol. The van der Waals surface area contributed by atoms with E-state index < -0.39 is 5.60 Å². The second kappa shape index (κ2) is 12.3. The molecule has 0 amide bonds. The number of ether oxygens (including phenoxy) is 3. The number of benzene rings is 2. The summed E-state index contributed by atoms with van der Waals surface area (Å²) in [4.78, 5) is 2.07. The zero-order chi connectivity index (χ0) is 20.7. The van der Waals surface area contributed by atoms with Crippen molar-refractivity contribution in [3.05, 3.63) is 78.9 Å². The minimum absolute atomic E-state index is 0. The maximum absolute atomic E-state index is 11.2. The largest absolute Gasteiger partial charge is 0.520 e. The molecule has 161 valence electrons. The second-order valence-electron chi connectivity index (χ2n) is 7.83. The van der Waals surface area contributed by atoms with Crippen molar-refractivity contribution in [3.63, 3.8) is 0 Å². The average Bonchev–Trinajstić information content (AvgIpc) is 3.24. The molecule has 1 saturated heterocycles. The van der Waals surface area contributed by atoms with E-state index in [9.17, 15) is 5.11 Å². The van der Waals surface area contributed by atoms with Crippen LogP contribution >= 0.6 is 0 Å². The molecular weight excluding hydrogens is 455 g/mol. The van der Waals surface area contributed by atoms with Gasteiger partial charge in [0.15, 0.2) is 0 Å². The van der Waals surface area contributed by atoms with E-state index in [1.165, 1.54) is 0 Å². The molecule has 0 aliphatic carbocycles. The van der Waals surface area contributed by atoms with Crippen molar-refractivity contribution in [3.8, 4) is 5.75 Å². The first-order valence-electron chi connectivity index (χ1n) is 10.0. The van der Waals surface area contributed by atoms with Gasteiger partial charge in [-0.2, -0.15) is 0 Å². The van der Waals surface area contributed by atoms with Crippen molar-refractivity contribution in [2.75, 3.05) is 33.9 Å². The Balaban J connectivity index is 0.00000320. The van der Waals surface area contributed by atoms with E-state index >= 15 is 0 Å². The fourth-order valence-corrected chi connectivity index (χ4v) is 3.48. The Kier molecular flexibility index (Phi) is 10.4. The molecule has 0 saturated carbocycles. The molecule has 0 spiro atoms. The summed E-state index contributed by atoms with van der Waals surface area (Å²) in [6, 6.07) is 18.0. The Labute approximate surface area is 205 Å². The van der Waals surface area contributed by atoms with Crippen LogP contribution in [0.2, 0.25) is 0 Å². The predicted molar refractivity (Wildman–Crippen MR) is 113 cm³/mol. The Bertz CT molecular complexity index is 731. The Morgan fingerprint density at radius 3 is 2.33 bits per heavy atom. The molecule has 1 fully saturated rings. The molecule has 1 aliphatic heterocycles. The van der Waals surface area contributed by atoms with Crippen LogP contribution in [0.25, 0.3) is 0 Å². The van der Waals surface area contributed by atoms with Gasteiger partial charge < -0.3 is 31.1 Å². The van der Waals surface area contributed by atoms with Crippen molar-refractivity contribution in [2.45, 2.75) is 31.0 Å². The van der Waals surface area contributed by atoms with Gasteiger partial charge in [-0.15, -0.1) is 6.42 Å². The molecule has 3 rings (SSSR count). The van der Waals surface area contributed by atoms with Crippen molar-refractivity contribution < 1.29 is 52.0 Å². The number of rotatable bonds is 10. The molecule has 0 bridgehead atoms. The molecule has 1 heterocycles. The fraction of sp³-hybridized carbons (Fsp3) is 0.417. The summed E-state index contributed by atoms with van der Waals surface area (Å²) >= 11 is 0. The van der Waals surface area contributed by atoms with E-state index in [0.29, 0.717) is 45.5 Å². The molecule has 0 aromatic heterocycles. The summed E-state index contributed by atoms with van der Waals surface area (Å²) in [7, 11) is 4.00. The van der Waals surface area contributed by atoms with Crippen LogP contribution in [0.4, 0.5) is 0 Å². The van der Waals surface area contributed by atoms with Crippen LogP contribution in [-0.4, -0.2) is 49.5 Å². The van der Waals surface area contributed by atoms with Gasteiger partial charge >= 0.3 is 0 Å². The van der Waals surface area contributed by atoms with Crippen LogP contribution in [0.3, 0.4) is 0 Å². The zero-order valence-electron chi connectivity index (χ0n) is 17.9. The van der Waals surface area contributed by atoms with Gasteiger partial charge in [0.05, 0.1) is 0 Å². The number of hydrogen-bond donors (Lipinski definition) is 1. The Morgan fingerprint density at radius 1 is 1.10 bits per heavy atom. The van der Waals surface area contributed by atoms with Crippen molar-refractivity contribution in [1.29, 1.82) is 0 Å². The Morgan fingerprint density at radius 2 is 1.73 bits per heavy atom. The molecule has 1 aliphatic rings. The third kappa shape index (κ3) is 7.70. The van der Waals surface area contributed by atoms with Crippen LogP contribution < -0.4 is 4.74 Å². The smallest absolute Gasteiger partial charge is 0.119 e. The number of aliphatic hydroxyl groups is 1. The predicted octanol–water partition coefficient (Wildman–Crippen LogP) is 3.79. The maximum Gasteiger partial charge on any atom is 0.119 e. The summed E-state index contributed by atoms with van der Waals surface area (Å²) in [5.74, 6) is 0.653. The van der Waals surface area contributed by atoms with Crippen molar-refractivity contribution in [1.82, 2.24) is 4.90 Å². The first-order valence-corrected chi connectivity index (χ1v) is 10.0. The SMILES string of the molecule is [CH2-]C(O)(CC[C-]1OCCO1)C(CN(C)C)c1ccc(OCc2ccccc2)cc1.[Y]. The Hall–Kier alpha value is -0.816. The van der Waals surface area contributed by atoms with E-state index in [2.05, 4.69) is 11.8 Å². The van der Waals surface area contributed by atoms with Gasteiger partial charge in [-0.3, -0.25) is 0 Å². The van der Waals surface area contributed by atoms with E-state index in [0.717, 1.165) is 16.9 Å². The molecular formula is C24H31NO4Y-2. The fourth-order valence-electron chi connectivity index (χ4n) is 3.48. The van der Waals surface area contributed by atoms with Crippen LogP contribution in [0.1, 0.15) is 29.9 Å². The van der Waals surface area contributed by atoms with Gasteiger partial charge in [0, 0.05) is 52.5 Å². The maximum atomic E-state index is 11.2. The van der Waals surface area contributed by atoms with Gasteiger partial charge in [-0.25, -0.2) is 0 Å². The van der Waals surface area contributed by atoms with Crippen LogP contribution in [-0.2, 0) is 48.8 Å². The first-order chi connectivity index (χ1) is 13.9. The van der Waals surface area contributed by atoms with Crippen LogP contribution in [0.5, 0.6) is 5.75 Å².